The van der Waals surface area contributed by atoms with E-state index in [-0.39, 0.29) is 5.56 Å². The summed E-state index contributed by atoms with van der Waals surface area (Å²) in [5.74, 6) is 0. The first kappa shape index (κ1) is 5.74. The zero-order valence-electron chi connectivity index (χ0n) is 3.89. The standard InChI is InChI=1S/C4H3IN2O/c5-3-1-4(8)7-2-6-3/h1-2H,(H,6,7,8). The third kappa shape index (κ3) is 1.29. The Morgan fingerprint density at radius 1 is 1.75 bits per heavy atom. The van der Waals surface area contributed by atoms with E-state index in [1.54, 1.807) is 0 Å². The highest BCUT2D eigenvalue weighted by Crippen LogP contribution is 1.89. The van der Waals surface area contributed by atoms with Gasteiger partial charge < -0.3 is 4.98 Å². The van der Waals surface area contributed by atoms with Crippen LogP contribution in [0.2, 0.25) is 0 Å². The first-order chi connectivity index (χ1) is 3.79. The van der Waals surface area contributed by atoms with Gasteiger partial charge in [0.15, 0.2) is 0 Å². The van der Waals surface area contributed by atoms with E-state index in [1.165, 1.54) is 12.4 Å². The number of H-pyrrole nitrogens is 1. The van der Waals surface area contributed by atoms with Crippen molar-refractivity contribution in [2.24, 2.45) is 0 Å². The molecular formula is C4H3IN2O. The summed E-state index contributed by atoms with van der Waals surface area (Å²) in [6.07, 6.45) is 1.38. The molecule has 0 atom stereocenters. The number of aromatic nitrogens is 2. The van der Waals surface area contributed by atoms with Gasteiger partial charge in [0, 0.05) is 6.07 Å². The van der Waals surface area contributed by atoms with Crippen LogP contribution in [0.25, 0.3) is 0 Å². The van der Waals surface area contributed by atoms with Crippen LogP contribution in [-0.4, -0.2) is 9.97 Å². The second-order valence-corrected chi connectivity index (χ2v) is 2.34. The van der Waals surface area contributed by atoms with Gasteiger partial charge in [0.2, 0.25) is 0 Å². The lowest BCUT2D eigenvalue weighted by Crippen LogP contribution is -2.03. The molecule has 1 N–H and O–H groups in total. The van der Waals surface area contributed by atoms with Crippen LogP contribution in [0, 0.1) is 3.70 Å². The fourth-order valence-electron chi connectivity index (χ4n) is 0.345. The smallest absolute Gasteiger partial charge is 0.251 e. The molecule has 1 heterocycles. The molecule has 1 aromatic rings. The summed E-state index contributed by atoms with van der Waals surface area (Å²) < 4.78 is 0.714. The molecule has 0 radical (unpaired) electrons. The van der Waals surface area contributed by atoms with E-state index in [4.69, 9.17) is 0 Å². The second kappa shape index (κ2) is 2.25. The van der Waals surface area contributed by atoms with Crippen molar-refractivity contribution in [3.05, 3.63) is 26.4 Å². The van der Waals surface area contributed by atoms with Crippen LogP contribution in [0.5, 0.6) is 0 Å². The molecule has 0 saturated heterocycles. The third-order valence-corrected chi connectivity index (χ3v) is 1.23. The van der Waals surface area contributed by atoms with E-state index in [0.29, 0.717) is 3.70 Å². The summed E-state index contributed by atoms with van der Waals surface area (Å²) in [5.41, 5.74) is -0.107. The number of rotatable bonds is 0. The molecule has 42 valence electrons. The van der Waals surface area contributed by atoms with Gasteiger partial charge in [-0.3, -0.25) is 4.79 Å². The Labute approximate surface area is 59.3 Å². The highest BCUT2D eigenvalue weighted by molar-refractivity contribution is 14.1. The Kier molecular flexibility index (Phi) is 1.62. The molecule has 0 aromatic carbocycles. The van der Waals surface area contributed by atoms with Gasteiger partial charge in [-0.15, -0.1) is 0 Å². The van der Waals surface area contributed by atoms with Crippen LogP contribution >= 0.6 is 22.6 Å². The molecule has 0 aliphatic heterocycles. The first-order valence-electron chi connectivity index (χ1n) is 1.99. The molecule has 4 heteroatoms. The Morgan fingerprint density at radius 3 is 2.88 bits per heavy atom. The van der Waals surface area contributed by atoms with E-state index in [1.807, 2.05) is 22.6 Å². The van der Waals surface area contributed by atoms with Gasteiger partial charge in [-0.25, -0.2) is 4.98 Å². The minimum absolute atomic E-state index is 0.107. The van der Waals surface area contributed by atoms with Crippen LogP contribution in [0.4, 0.5) is 0 Å². The van der Waals surface area contributed by atoms with Crippen LogP contribution in [0.1, 0.15) is 0 Å². The molecule has 3 nitrogen and oxygen atoms in total. The Hall–Kier alpha value is -0.390. The van der Waals surface area contributed by atoms with Crippen molar-refractivity contribution in [1.29, 1.82) is 0 Å². The molecular weight excluding hydrogens is 219 g/mol. The van der Waals surface area contributed by atoms with Gasteiger partial charge in [0.25, 0.3) is 5.56 Å². The molecule has 0 amide bonds. The van der Waals surface area contributed by atoms with E-state index in [9.17, 15) is 4.79 Å². The van der Waals surface area contributed by atoms with Crippen LogP contribution in [-0.2, 0) is 0 Å². The zero-order valence-corrected chi connectivity index (χ0v) is 6.05. The second-order valence-electron chi connectivity index (χ2n) is 1.23. The van der Waals surface area contributed by atoms with E-state index in [2.05, 4.69) is 9.97 Å². The van der Waals surface area contributed by atoms with Crippen molar-refractivity contribution in [3.8, 4) is 0 Å². The molecule has 1 rings (SSSR count). The van der Waals surface area contributed by atoms with Gasteiger partial charge >= 0.3 is 0 Å². The van der Waals surface area contributed by atoms with Crippen molar-refractivity contribution >= 4 is 22.6 Å². The molecule has 8 heavy (non-hydrogen) atoms. The molecule has 0 bridgehead atoms. The van der Waals surface area contributed by atoms with Gasteiger partial charge in [-0.1, -0.05) is 0 Å². The van der Waals surface area contributed by atoms with Crippen LogP contribution in [0.3, 0.4) is 0 Å². The van der Waals surface area contributed by atoms with Crippen molar-refractivity contribution in [2.45, 2.75) is 0 Å². The maximum Gasteiger partial charge on any atom is 0.251 e. The Balaban J connectivity index is 3.28. The largest absolute Gasteiger partial charge is 0.313 e. The van der Waals surface area contributed by atoms with E-state index in [0.717, 1.165) is 0 Å². The van der Waals surface area contributed by atoms with Crippen molar-refractivity contribution in [1.82, 2.24) is 9.97 Å². The van der Waals surface area contributed by atoms with Crippen molar-refractivity contribution < 1.29 is 0 Å². The molecule has 0 aliphatic rings. The van der Waals surface area contributed by atoms with Gasteiger partial charge in [-0.2, -0.15) is 0 Å². The van der Waals surface area contributed by atoms with E-state index < -0.39 is 0 Å². The summed E-state index contributed by atoms with van der Waals surface area (Å²) >= 11 is 1.97. The fraction of sp³-hybridized carbons (Fsp3) is 0. The number of nitrogens with one attached hydrogen (secondary N) is 1. The molecule has 0 unspecified atom stereocenters. The number of hydrogen-bond acceptors (Lipinski definition) is 2. The van der Waals surface area contributed by atoms with Gasteiger partial charge in [0.1, 0.15) is 3.70 Å². The molecule has 0 fully saturated rings. The predicted octanol–water partition coefficient (Wildman–Crippen LogP) is 0.374. The molecule has 0 aliphatic carbocycles. The summed E-state index contributed by atoms with van der Waals surface area (Å²) in [4.78, 5) is 16.6. The lowest BCUT2D eigenvalue weighted by molar-refractivity contribution is 1.09. The summed E-state index contributed by atoms with van der Waals surface area (Å²) in [6, 6.07) is 1.43. The first-order valence-corrected chi connectivity index (χ1v) is 3.07. The molecule has 1 aromatic heterocycles. The number of halogens is 1. The summed E-state index contributed by atoms with van der Waals surface area (Å²) in [6.45, 7) is 0. The van der Waals surface area contributed by atoms with Crippen LogP contribution < -0.4 is 5.56 Å². The van der Waals surface area contributed by atoms with Crippen molar-refractivity contribution in [3.63, 3.8) is 0 Å². The van der Waals surface area contributed by atoms with Crippen molar-refractivity contribution in [2.75, 3.05) is 0 Å². The SMILES string of the molecule is O=c1cc(I)nc[nH]1. The quantitative estimate of drug-likeness (QED) is 0.509. The highest BCUT2D eigenvalue weighted by atomic mass is 127. The third-order valence-electron chi connectivity index (χ3n) is 0.645. The number of nitrogens with zero attached hydrogens (tertiary/aromatic N) is 1. The maximum absolute atomic E-state index is 10.4. The predicted molar refractivity (Wildman–Crippen MR) is 37.6 cm³/mol. The zero-order chi connectivity index (χ0) is 5.98. The minimum atomic E-state index is -0.107. The highest BCUT2D eigenvalue weighted by Gasteiger charge is 1.83. The average molecular weight is 222 g/mol. The normalized spacial score (nSPS) is 9.12. The average Bonchev–Trinajstić information content (AvgIpc) is 1.64. The lowest BCUT2D eigenvalue weighted by atomic mass is 10.7. The Morgan fingerprint density at radius 2 is 2.50 bits per heavy atom. The van der Waals surface area contributed by atoms with Crippen LogP contribution in [0.15, 0.2) is 17.2 Å². The fourth-order valence-corrected chi connectivity index (χ4v) is 0.767. The number of hydrogen-bond donors (Lipinski definition) is 1. The topological polar surface area (TPSA) is 45.8 Å². The van der Waals surface area contributed by atoms with E-state index >= 15 is 0 Å². The molecule has 0 spiro atoms. The monoisotopic (exact) mass is 222 g/mol. The summed E-state index contributed by atoms with van der Waals surface area (Å²) in [5, 5.41) is 0. The number of aromatic amines is 1. The Bertz CT molecular complexity index is 231. The maximum atomic E-state index is 10.4. The summed E-state index contributed by atoms with van der Waals surface area (Å²) in [7, 11) is 0. The molecule has 0 saturated carbocycles. The lowest BCUT2D eigenvalue weighted by Gasteiger charge is -1.81. The minimum Gasteiger partial charge on any atom is -0.313 e. The van der Waals surface area contributed by atoms with Gasteiger partial charge in [0.05, 0.1) is 6.33 Å². The van der Waals surface area contributed by atoms with Gasteiger partial charge in [-0.05, 0) is 22.6 Å².